The Morgan fingerprint density at radius 3 is 2.41 bits per heavy atom. The molecule has 7 nitrogen and oxygen atoms in total. The van der Waals surface area contributed by atoms with E-state index in [9.17, 15) is 9.18 Å². The lowest BCUT2D eigenvalue weighted by atomic mass is 10.1. The topological polar surface area (TPSA) is 81.9 Å². The van der Waals surface area contributed by atoms with Crippen LogP contribution in [0.2, 0.25) is 0 Å². The quantitative estimate of drug-likeness (QED) is 0.557. The molecule has 1 amide bonds. The number of nitrogens with zero attached hydrogens (tertiary/aromatic N) is 4. The molecule has 0 spiro atoms. The monoisotopic (exact) mass is 389 g/mol. The van der Waals surface area contributed by atoms with Gasteiger partial charge in [-0.2, -0.15) is 5.10 Å². The van der Waals surface area contributed by atoms with Gasteiger partial charge in [0.05, 0.1) is 23.8 Å². The first kappa shape index (κ1) is 18.3. The van der Waals surface area contributed by atoms with Crippen molar-refractivity contribution in [3.63, 3.8) is 0 Å². The third-order valence-electron chi connectivity index (χ3n) is 4.09. The number of anilines is 1. The number of nitrogens with one attached hydrogen (secondary N) is 1. The van der Waals surface area contributed by atoms with Crippen LogP contribution in [0, 0.1) is 5.82 Å². The third kappa shape index (κ3) is 4.27. The first-order valence-corrected chi connectivity index (χ1v) is 8.75. The average molecular weight is 389 g/mol. The van der Waals surface area contributed by atoms with Gasteiger partial charge in [0, 0.05) is 12.6 Å². The lowest BCUT2D eigenvalue weighted by molar-refractivity contribution is 0.101. The summed E-state index contributed by atoms with van der Waals surface area (Å²) in [4.78, 5) is 20.8. The first-order valence-electron chi connectivity index (χ1n) is 8.75. The van der Waals surface area contributed by atoms with Crippen molar-refractivity contribution in [3.8, 4) is 23.0 Å². The van der Waals surface area contributed by atoms with Crippen LogP contribution in [0.25, 0.3) is 11.3 Å². The van der Waals surface area contributed by atoms with Gasteiger partial charge in [0.25, 0.3) is 5.91 Å². The molecule has 0 unspecified atom stereocenters. The van der Waals surface area contributed by atoms with Crippen molar-refractivity contribution >= 4 is 11.6 Å². The first-order chi connectivity index (χ1) is 14.1. The molecule has 0 aliphatic heterocycles. The largest absolute Gasteiger partial charge is 0.424 e. The minimum absolute atomic E-state index is 0.174. The molecule has 4 rings (SSSR count). The summed E-state index contributed by atoms with van der Waals surface area (Å²) in [6.45, 7) is 0. The van der Waals surface area contributed by atoms with Crippen LogP contribution in [0.3, 0.4) is 0 Å². The van der Waals surface area contributed by atoms with Crippen molar-refractivity contribution in [1.82, 2.24) is 19.7 Å². The Hall–Kier alpha value is -4.07. The van der Waals surface area contributed by atoms with Crippen LogP contribution in [0.4, 0.5) is 10.1 Å². The highest BCUT2D eigenvalue weighted by atomic mass is 19.1. The molecule has 8 heteroatoms. The molecule has 2 aromatic carbocycles. The molecular weight excluding hydrogens is 373 g/mol. The molecule has 1 N–H and O–H groups in total. The number of ether oxygens (including phenoxy) is 1. The fourth-order valence-corrected chi connectivity index (χ4v) is 2.66. The standard InChI is InChI=1S/C21H16FN5O2/c1-27-19(11-18(26-27)14-7-9-15(22)10-8-14)20(28)25-16-12-23-21(24-13-16)29-17-5-3-2-4-6-17/h2-13H,1H3,(H,25,28). The van der Waals surface area contributed by atoms with Gasteiger partial charge in [-0.15, -0.1) is 0 Å². The number of amides is 1. The van der Waals surface area contributed by atoms with Crippen LogP contribution in [-0.2, 0) is 7.05 Å². The summed E-state index contributed by atoms with van der Waals surface area (Å²) in [5, 5.41) is 7.04. The Kier molecular flexibility index (Phi) is 4.98. The van der Waals surface area contributed by atoms with E-state index in [1.807, 2.05) is 18.2 Å². The second kappa shape index (κ2) is 7.89. The van der Waals surface area contributed by atoms with E-state index < -0.39 is 0 Å². The van der Waals surface area contributed by atoms with E-state index in [2.05, 4.69) is 20.4 Å². The Labute approximate surface area is 165 Å². The normalized spacial score (nSPS) is 10.6. The second-order valence-corrected chi connectivity index (χ2v) is 6.17. The van der Waals surface area contributed by atoms with E-state index in [0.29, 0.717) is 28.4 Å². The molecule has 0 saturated carbocycles. The Balaban J connectivity index is 1.46. The molecule has 0 saturated heterocycles. The van der Waals surface area contributed by atoms with Crippen molar-refractivity contribution in [2.75, 3.05) is 5.32 Å². The number of aryl methyl sites for hydroxylation is 1. The number of rotatable bonds is 5. The van der Waals surface area contributed by atoms with Gasteiger partial charge < -0.3 is 10.1 Å². The molecule has 0 fully saturated rings. The predicted octanol–water partition coefficient (Wildman–Crippen LogP) is 4.06. The van der Waals surface area contributed by atoms with Gasteiger partial charge in [0.1, 0.15) is 17.3 Å². The highest BCUT2D eigenvalue weighted by Gasteiger charge is 2.15. The van der Waals surface area contributed by atoms with E-state index in [4.69, 9.17) is 4.74 Å². The number of halogens is 1. The van der Waals surface area contributed by atoms with Crippen LogP contribution in [-0.4, -0.2) is 25.7 Å². The minimum atomic E-state index is -0.367. The highest BCUT2D eigenvalue weighted by Crippen LogP contribution is 2.21. The summed E-state index contributed by atoms with van der Waals surface area (Å²) in [6.07, 6.45) is 2.92. The summed E-state index contributed by atoms with van der Waals surface area (Å²) in [5.41, 5.74) is 2.04. The molecule has 0 aliphatic rings. The number of carbonyl (C=O) groups is 1. The number of hydrogen-bond donors (Lipinski definition) is 1. The molecule has 0 radical (unpaired) electrons. The number of para-hydroxylation sites is 1. The van der Waals surface area contributed by atoms with Crippen molar-refractivity contribution in [2.24, 2.45) is 7.05 Å². The highest BCUT2D eigenvalue weighted by molar-refractivity contribution is 6.03. The maximum absolute atomic E-state index is 13.1. The second-order valence-electron chi connectivity index (χ2n) is 6.17. The zero-order valence-corrected chi connectivity index (χ0v) is 15.4. The van der Waals surface area contributed by atoms with Gasteiger partial charge in [-0.25, -0.2) is 14.4 Å². The van der Waals surface area contributed by atoms with Crippen LogP contribution >= 0.6 is 0 Å². The Morgan fingerprint density at radius 1 is 1.03 bits per heavy atom. The molecule has 0 atom stereocenters. The van der Waals surface area contributed by atoms with E-state index in [-0.39, 0.29) is 17.7 Å². The summed E-state index contributed by atoms with van der Waals surface area (Å²) in [6, 6.07) is 16.9. The van der Waals surface area contributed by atoms with Gasteiger partial charge in [-0.05, 0) is 42.5 Å². The van der Waals surface area contributed by atoms with Crippen LogP contribution in [0.1, 0.15) is 10.5 Å². The summed E-state index contributed by atoms with van der Waals surface area (Å²) >= 11 is 0. The fourth-order valence-electron chi connectivity index (χ4n) is 2.66. The van der Waals surface area contributed by atoms with Gasteiger partial charge in [0.15, 0.2) is 0 Å². The molecule has 0 bridgehead atoms. The Morgan fingerprint density at radius 2 is 1.72 bits per heavy atom. The molecule has 29 heavy (non-hydrogen) atoms. The number of benzene rings is 2. The van der Waals surface area contributed by atoms with E-state index in [1.54, 1.807) is 37.4 Å². The van der Waals surface area contributed by atoms with Gasteiger partial charge in [-0.3, -0.25) is 9.48 Å². The molecule has 2 heterocycles. The zero-order valence-electron chi connectivity index (χ0n) is 15.4. The molecule has 0 aliphatic carbocycles. The smallest absolute Gasteiger partial charge is 0.322 e. The van der Waals surface area contributed by atoms with E-state index in [0.717, 1.165) is 0 Å². The summed E-state index contributed by atoms with van der Waals surface area (Å²) in [7, 11) is 1.66. The number of hydrogen-bond acceptors (Lipinski definition) is 5. The van der Waals surface area contributed by atoms with Crippen LogP contribution in [0.15, 0.2) is 73.1 Å². The Bertz CT molecular complexity index is 1130. The number of aromatic nitrogens is 4. The van der Waals surface area contributed by atoms with Gasteiger partial charge >= 0.3 is 6.01 Å². The molecule has 144 valence electrons. The van der Waals surface area contributed by atoms with E-state index in [1.165, 1.54) is 29.2 Å². The van der Waals surface area contributed by atoms with Crippen molar-refractivity contribution in [3.05, 3.63) is 84.6 Å². The van der Waals surface area contributed by atoms with Crippen LogP contribution < -0.4 is 10.1 Å². The lowest BCUT2D eigenvalue weighted by Gasteiger charge is -2.06. The van der Waals surface area contributed by atoms with Crippen molar-refractivity contribution in [1.29, 1.82) is 0 Å². The van der Waals surface area contributed by atoms with Gasteiger partial charge in [-0.1, -0.05) is 18.2 Å². The number of carbonyl (C=O) groups excluding carboxylic acids is 1. The minimum Gasteiger partial charge on any atom is -0.424 e. The summed E-state index contributed by atoms with van der Waals surface area (Å²) < 4.78 is 20.1. The van der Waals surface area contributed by atoms with Crippen molar-refractivity contribution in [2.45, 2.75) is 0 Å². The zero-order chi connectivity index (χ0) is 20.2. The van der Waals surface area contributed by atoms with E-state index >= 15 is 0 Å². The van der Waals surface area contributed by atoms with Crippen molar-refractivity contribution < 1.29 is 13.9 Å². The maximum Gasteiger partial charge on any atom is 0.322 e. The average Bonchev–Trinajstić information content (AvgIpc) is 3.12. The maximum atomic E-state index is 13.1. The third-order valence-corrected chi connectivity index (χ3v) is 4.09. The predicted molar refractivity (Wildman–Crippen MR) is 105 cm³/mol. The molecular formula is C21H16FN5O2. The molecule has 4 aromatic rings. The molecule has 2 aromatic heterocycles. The fraction of sp³-hybridized carbons (Fsp3) is 0.0476. The summed E-state index contributed by atoms with van der Waals surface area (Å²) in [5.74, 6) is -0.0801. The SMILES string of the molecule is Cn1nc(-c2ccc(F)cc2)cc1C(=O)Nc1cnc(Oc2ccccc2)nc1. The van der Waals surface area contributed by atoms with Gasteiger partial charge in [0.2, 0.25) is 0 Å². The lowest BCUT2D eigenvalue weighted by Crippen LogP contribution is -2.16. The van der Waals surface area contributed by atoms with Crippen LogP contribution in [0.5, 0.6) is 11.8 Å².